The molecule has 1 amide bonds. The highest BCUT2D eigenvalue weighted by molar-refractivity contribution is 6.42. The van der Waals surface area contributed by atoms with Gasteiger partial charge in [0.05, 0.1) is 34.5 Å². The molecule has 0 N–H and O–H groups in total. The van der Waals surface area contributed by atoms with Crippen LogP contribution in [-0.2, 0) is 20.9 Å². The monoisotopic (exact) mass is 375 g/mol. The molecule has 1 aliphatic rings. The number of amides is 1. The molecule has 0 fully saturated rings. The van der Waals surface area contributed by atoms with E-state index in [2.05, 4.69) is 0 Å². The second kappa shape index (κ2) is 7.30. The largest absolute Gasteiger partial charge is 0.463 e. The lowest BCUT2D eigenvalue weighted by Crippen LogP contribution is -2.26. The SMILES string of the molecule is CCOC(=O)C=C1C(=O)N(Cc2ccc(Cl)c(Cl)c2)c2ccccc21. The zero-order valence-corrected chi connectivity index (χ0v) is 15.0. The van der Waals surface area contributed by atoms with E-state index in [1.165, 1.54) is 6.08 Å². The second-order valence-electron chi connectivity index (χ2n) is 5.47. The van der Waals surface area contributed by atoms with Gasteiger partial charge in [-0.25, -0.2) is 4.79 Å². The van der Waals surface area contributed by atoms with E-state index in [9.17, 15) is 9.59 Å². The molecule has 0 bridgehead atoms. The molecule has 6 heteroatoms. The topological polar surface area (TPSA) is 46.6 Å². The zero-order valence-electron chi connectivity index (χ0n) is 13.5. The van der Waals surface area contributed by atoms with Crippen molar-refractivity contribution in [3.05, 3.63) is 69.7 Å². The summed E-state index contributed by atoms with van der Waals surface area (Å²) in [4.78, 5) is 26.3. The maximum atomic E-state index is 12.8. The van der Waals surface area contributed by atoms with Crippen LogP contribution in [0.2, 0.25) is 10.0 Å². The number of carbonyl (C=O) groups is 2. The van der Waals surface area contributed by atoms with Crippen molar-refractivity contribution in [3.63, 3.8) is 0 Å². The van der Waals surface area contributed by atoms with E-state index in [-0.39, 0.29) is 12.5 Å². The van der Waals surface area contributed by atoms with Crippen molar-refractivity contribution in [1.82, 2.24) is 0 Å². The fourth-order valence-electron chi connectivity index (χ4n) is 2.73. The van der Waals surface area contributed by atoms with E-state index in [1.54, 1.807) is 24.0 Å². The van der Waals surface area contributed by atoms with Crippen LogP contribution in [0.25, 0.3) is 5.57 Å². The lowest BCUT2D eigenvalue weighted by Gasteiger charge is -2.17. The average molecular weight is 376 g/mol. The van der Waals surface area contributed by atoms with Gasteiger partial charge in [0.1, 0.15) is 0 Å². The summed E-state index contributed by atoms with van der Waals surface area (Å²) in [5.41, 5.74) is 2.62. The smallest absolute Gasteiger partial charge is 0.331 e. The molecule has 0 unspecified atom stereocenters. The Morgan fingerprint density at radius 3 is 2.64 bits per heavy atom. The predicted molar refractivity (Wildman–Crippen MR) is 98.7 cm³/mol. The van der Waals surface area contributed by atoms with Crippen LogP contribution in [0, 0.1) is 0 Å². The summed E-state index contributed by atoms with van der Waals surface area (Å²) in [6, 6.07) is 12.6. The van der Waals surface area contributed by atoms with Crippen LogP contribution < -0.4 is 4.90 Å². The van der Waals surface area contributed by atoms with Crippen molar-refractivity contribution in [2.45, 2.75) is 13.5 Å². The first-order valence-corrected chi connectivity index (χ1v) is 8.50. The van der Waals surface area contributed by atoms with Gasteiger partial charge in [-0.15, -0.1) is 0 Å². The number of nitrogens with zero attached hydrogens (tertiary/aromatic N) is 1. The van der Waals surface area contributed by atoms with Crippen LogP contribution in [0.5, 0.6) is 0 Å². The Bertz CT molecular complexity index is 877. The van der Waals surface area contributed by atoms with Crippen LogP contribution in [0.3, 0.4) is 0 Å². The number of fused-ring (bicyclic) bond motifs is 1. The minimum Gasteiger partial charge on any atom is -0.463 e. The van der Waals surface area contributed by atoms with Gasteiger partial charge in [0.15, 0.2) is 0 Å². The number of halogens is 2. The maximum Gasteiger partial charge on any atom is 0.331 e. The number of anilines is 1. The molecule has 0 spiro atoms. The molecule has 3 rings (SSSR count). The number of hydrogen-bond donors (Lipinski definition) is 0. The number of hydrogen-bond acceptors (Lipinski definition) is 3. The summed E-state index contributed by atoms with van der Waals surface area (Å²) in [7, 11) is 0. The molecule has 0 atom stereocenters. The van der Waals surface area contributed by atoms with E-state index in [4.69, 9.17) is 27.9 Å². The standard InChI is InChI=1S/C19H15Cl2NO3/c1-2-25-18(23)10-14-13-5-3-4-6-17(13)22(19(14)24)11-12-7-8-15(20)16(21)9-12/h3-10H,2,11H2,1H3. The van der Waals surface area contributed by atoms with Crippen molar-refractivity contribution in [1.29, 1.82) is 0 Å². The van der Waals surface area contributed by atoms with Gasteiger partial charge >= 0.3 is 5.97 Å². The van der Waals surface area contributed by atoms with Crippen LogP contribution >= 0.6 is 23.2 Å². The summed E-state index contributed by atoms with van der Waals surface area (Å²) in [5, 5.41) is 0.892. The summed E-state index contributed by atoms with van der Waals surface area (Å²) in [6.07, 6.45) is 1.25. The van der Waals surface area contributed by atoms with Gasteiger partial charge in [-0.1, -0.05) is 47.5 Å². The van der Waals surface area contributed by atoms with Crippen molar-refractivity contribution in [2.24, 2.45) is 0 Å². The van der Waals surface area contributed by atoms with E-state index >= 15 is 0 Å². The number of esters is 1. The summed E-state index contributed by atoms with van der Waals surface area (Å²) in [6.45, 7) is 2.30. The third kappa shape index (κ3) is 3.55. The highest BCUT2D eigenvalue weighted by Gasteiger charge is 2.32. The molecule has 1 heterocycles. The average Bonchev–Trinajstić information content (AvgIpc) is 2.84. The van der Waals surface area contributed by atoms with Crippen molar-refractivity contribution < 1.29 is 14.3 Å². The fraction of sp³-hybridized carbons (Fsp3) is 0.158. The third-order valence-electron chi connectivity index (χ3n) is 3.83. The number of ether oxygens (including phenoxy) is 1. The summed E-state index contributed by atoms with van der Waals surface area (Å²) < 4.78 is 4.93. The number of benzene rings is 2. The summed E-state index contributed by atoms with van der Waals surface area (Å²) >= 11 is 12.0. The third-order valence-corrected chi connectivity index (χ3v) is 4.57. The van der Waals surface area contributed by atoms with Gasteiger partial charge < -0.3 is 9.64 Å². The van der Waals surface area contributed by atoms with Crippen LogP contribution in [0.4, 0.5) is 5.69 Å². The highest BCUT2D eigenvalue weighted by atomic mass is 35.5. The van der Waals surface area contributed by atoms with E-state index in [1.807, 2.05) is 30.3 Å². The molecule has 0 aromatic heterocycles. The van der Waals surface area contributed by atoms with Crippen LogP contribution in [0.15, 0.2) is 48.5 Å². The Morgan fingerprint density at radius 1 is 1.16 bits per heavy atom. The van der Waals surface area contributed by atoms with Crippen molar-refractivity contribution in [3.8, 4) is 0 Å². The lowest BCUT2D eigenvalue weighted by atomic mass is 10.1. The minimum absolute atomic E-state index is 0.250. The molecular weight excluding hydrogens is 361 g/mol. The molecule has 1 aliphatic heterocycles. The first kappa shape index (κ1) is 17.5. The van der Waals surface area contributed by atoms with Crippen molar-refractivity contribution >= 4 is 46.3 Å². The van der Waals surface area contributed by atoms with Gasteiger partial charge in [-0.2, -0.15) is 0 Å². The van der Waals surface area contributed by atoms with Gasteiger partial charge in [-0.05, 0) is 30.7 Å². The van der Waals surface area contributed by atoms with Gasteiger partial charge in [0.2, 0.25) is 0 Å². The minimum atomic E-state index is -0.531. The summed E-state index contributed by atoms with van der Waals surface area (Å²) in [5.74, 6) is -0.780. The van der Waals surface area contributed by atoms with Gasteiger partial charge in [0, 0.05) is 11.6 Å². The molecule has 0 aliphatic carbocycles. The number of carbonyl (C=O) groups excluding carboxylic acids is 2. The Balaban J connectivity index is 1.96. The lowest BCUT2D eigenvalue weighted by molar-refractivity contribution is -0.137. The number of para-hydroxylation sites is 1. The molecule has 2 aromatic rings. The molecule has 2 aromatic carbocycles. The number of rotatable bonds is 4. The Labute approximate surface area is 155 Å². The van der Waals surface area contributed by atoms with Gasteiger partial charge in [-0.3, -0.25) is 4.79 Å². The normalized spacial score (nSPS) is 14.8. The van der Waals surface area contributed by atoms with Gasteiger partial charge in [0.25, 0.3) is 5.91 Å². The molecule has 4 nitrogen and oxygen atoms in total. The zero-order chi connectivity index (χ0) is 18.0. The first-order valence-electron chi connectivity index (χ1n) is 7.75. The van der Waals surface area contributed by atoms with Crippen LogP contribution in [-0.4, -0.2) is 18.5 Å². The fourth-order valence-corrected chi connectivity index (χ4v) is 3.05. The molecular formula is C19H15Cl2NO3. The van der Waals surface area contributed by atoms with Crippen LogP contribution in [0.1, 0.15) is 18.1 Å². The van der Waals surface area contributed by atoms with Crippen molar-refractivity contribution in [2.75, 3.05) is 11.5 Å². The molecule has 0 radical (unpaired) electrons. The molecule has 0 saturated carbocycles. The molecule has 0 saturated heterocycles. The quantitative estimate of drug-likeness (QED) is 0.584. The van der Waals surface area contributed by atoms with E-state index < -0.39 is 5.97 Å². The molecule has 128 valence electrons. The Kier molecular flexibility index (Phi) is 5.11. The first-order chi connectivity index (χ1) is 12.0. The highest BCUT2D eigenvalue weighted by Crippen LogP contribution is 2.37. The Hall–Kier alpha value is -2.30. The molecule has 25 heavy (non-hydrogen) atoms. The second-order valence-corrected chi connectivity index (χ2v) is 6.28. The maximum absolute atomic E-state index is 12.8. The predicted octanol–water partition coefficient (Wildman–Crippen LogP) is 4.49. The Morgan fingerprint density at radius 2 is 1.92 bits per heavy atom. The van der Waals surface area contributed by atoms with E-state index in [0.717, 1.165) is 11.3 Å². The van der Waals surface area contributed by atoms with E-state index in [0.29, 0.717) is 27.7 Å².